The largest absolute Gasteiger partial charge is 0.478 e. The molecule has 0 aliphatic carbocycles. The van der Waals surface area contributed by atoms with Gasteiger partial charge in [0, 0.05) is 6.20 Å². The minimum absolute atomic E-state index is 0.0390. The Hall–Kier alpha value is -2.75. The average Bonchev–Trinajstić information content (AvgIpc) is 2.50. The highest BCUT2D eigenvalue weighted by Gasteiger charge is 2.22. The third-order valence-electron chi connectivity index (χ3n) is 2.98. The van der Waals surface area contributed by atoms with Crippen molar-refractivity contribution in [2.75, 3.05) is 5.32 Å². The van der Waals surface area contributed by atoms with Crippen molar-refractivity contribution < 1.29 is 14.7 Å². The zero-order valence-corrected chi connectivity index (χ0v) is 13.5. The number of carbonyl (C=O) groups excluding carboxylic acids is 1. The number of carbonyl (C=O) groups is 2. The number of hydrazone groups is 1. The van der Waals surface area contributed by atoms with Gasteiger partial charge in [0.1, 0.15) is 5.70 Å². The number of aromatic carboxylic acids is 1. The fraction of sp³-hybridized carbons (Fsp3) is 0. The summed E-state index contributed by atoms with van der Waals surface area (Å²) in [7, 11) is 0. The molecule has 1 aliphatic rings. The lowest BCUT2D eigenvalue weighted by Gasteiger charge is -2.21. The molecule has 1 aliphatic heterocycles. The fourth-order valence-corrected chi connectivity index (χ4v) is 2.18. The molecular formula is C13H12Cl2N6O3. The van der Waals surface area contributed by atoms with Crippen LogP contribution in [-0.4, -0.2) is 27.8 Å². The second kappa shape index (κ2) is 6.79. The Labute approximate surface area is 145 Å². The van der Waals surface area contributed by atoms with Crippen LogP contribution in [0.25, 0.3) is 0 Å². The molecule has 1 amide bonds. The zero-order chi connectivity index (χ0) is 18.0. The fourth-order valence-electron chi connectivity index (χ4n) is 1.85. The summed E-state index contributed by atoms with van der Waals surface area (Å²) in [5.74, 6) is 3.55. The van der Waals surface area contributed by atoms with E-state index in [2.05, 4.69) is 10.4 Å². The molecule has 0 unspecified atom stereocenters. The maximum Gasteiger partial charge on any atom is 0.337 e. The topological polar surface area (TPSA) is 160 Å². The summed E-state index contributed by atoms with van der Waals surface area (Å²) in [6.45, 7) is 0. The van der Waals surface area contributed by atoms with Crippen LogP contribution in [0.2, 0.25) is 10.0 Å². The van der Waals surface area contributed by atoms with Gasteiger partial charge in [-0.1, -0.05) is 23.2 Å². The summed E-state index contributed by atoms with van der Waals surface area (Å²) >= 11 is 11.6. The highest BCUT2D eigenvalue weighted by molar-refractivity contribution is 6.48. The van der Waals surface area contributed by atoms with Gasteiger partial charge in [0.05, 0.1) is 27.0 Å². The van der Waals surface area contributed by atoms with Crippen molar-refractivity contribution >= 4 is 46.5 Å². The normalized spacial score (nSPS) is 15.8. The van der Waals surface area contributed by atoms with Crippen molar-refractivity contribution in [2.24, 2.45) is 22.4 Å². The number of nitrogens with zero attached hydrogens (tertiary/aromatic N) is 2. The average molecular weight is 371 g/mol. The molecule has 2 rings (SSSR count). The van der Waals surface area contributed by atoms with E-state index in [4.69, 9.17) is 40.5 Å². The van der Waals surface area contributed by atoms with Crippen molar-refractivity contribution in [1.29, 1.82) is 0 Å². The number of halogens is 2. The second-order valence-corrected chi connectivity index (χ2v) is 5.37. The number of amides is 1. The molecule has 9 nitrogen and oxygen atoms in total. The summed E-state index contributed by atoms with van der Waals surface area (Å²) in [5.41, 5.74) is 11.0. The Morgan fingerprint density at radius 3 is 2.46 bits per heavy atom. The monoisotopic (exact) mass is 370 g/mol. The highest BCUT2D eigenvalue weighted by Crippen LogP contribution is 2.29. The van der Waals surface area contributed by atoms with Gasteiger partial charge in [-0.15, -0.1) is 0 Å². The Balaban J connectivity index is 2.35. The molecule has 1 heterocycles. The number of anilines is 1. The van der Waals surface area contributed by atoms with Gasteiger partial charge in [0.15, 0.2) is 5.71 Å². The van der Waals surface area contributed by atoms with Crippen molar-refractivity contribution in [3.63, 3.8) is 0 Å². The van der Waals surface area contributed by atoms with Crippen LogP contribution in [0.5, 0.6) is 0 Å². The maximum absolute atomic E-state index is 12.3. The molecule has 8 N–H and O–H groups in total. The lowest BCUT2D eigenvalue weighted by atomic mass is 10.1. The number of carboxylic acids is 1. The third kappa shape index (κ3) is 3.43. The number of benzene rings is 1. The van der Waals surface area contributed by atoms with E-state index in [1.807, 2.05) is 0 Å². The van der Waals surface area contributed by atoms with Crippen LogP contribution >= 0.6 is 23.2 Å². The summed E-state index contributed by atoms with van der Waals surface area (Å²) < 4.78 is 0. The molecule has 0 saturated carbocycles. The van der Waals surface area contributed by atoms with Gasteiger partial charge in [0.25, 0.3) is 5.91 Å². The van der Waals surface area contributed by atoms with E-state index in [-0.39, 0.29) is 38.4 Å². The molecule has 11 heteroatoms. The van der Waals surface area contributed by atoms with Crippen LogP contribution in [0.15, 0.2) is 40.9 Å². The standard InChI is InChI=1S/C13H12Cl2N6O3/c14-6-1-5(13(23)24)9(2-7(6)15)19-12(22)10-3-8(17)11(4-16)21(18)20-10/h1-4H,16-18H2,(H,19,22)(H,23,24)/b11-4-. The van der Waals surface area contributed by atoms with Gasteiger partial charge in [-0.2, -0.15) is 10.2 Å². The highest BCUT2D eigenvalue weighted by atomic mass is 35.5. The number of hydrogen-bond donors (Lipinski definition) is 5. The molecule has 1 aromatic rings. The molecule has 0 aromatic heterocycles. The van der Waals surface area contributed by atoms with Crippen molar-refractivity contribution in [2.45, 2.75) is 0 Å². The zero-order valence-electron chi connectivity index (χ0n) is 12.0. The molecule has 24 heavy (non-hydrogen) atoms. The van der Waals surface area contributed by atoms with Crippen LogP contribution < -0.4 is 22.6 Å². The molecule has 1 aromatic carbocycles. The summed E-state index contributed by atoms with van der Waals surface area (Å²) in [5, 5.41) is 16.3. The third-order valence-corrected chi connectivity index (χ3v) is 3.70. The van der Waals surface area contributed by atoms with E-state index < -0.39 is 11.9 Å². The smallest absolute Gasteiger partial charge is 0.337 e. The van der Waals surface area contributed by atoms with E-state index in [0.717, 1.165) is 17.4 Å². The van der Waals surface area contributed by atoms with Crippen LogP contribution in [0.3, 0.4) is 0 Å². The first-order valence-electron chi connectivity index (χ1n) is 6.31. The van der Waals surface area contributed by atoms with Gasteiger partial charge in [0.2, 0.25) is 0 Å². The molecule has 0 bridgehead atoms. The summed E-state index contributed by atoms with van der Waals surface area (Å²) in [6, 6.07) is 2.34. The lowest BCUT2D eigenvalue weighted by Crippen LogP contribution is -2.36. The molecule has 0 saturated heterocycles. The maximum atomic E-state index is 12.3. The van der Waals surface area contributed by atoms with E-state index in [9.17, 15) is 14.7 Å². The molecule has 0 fully saturated rings. The van der Waals surface area contributed by atoms with E-state index in [0.29, 0.717) is 0 Å². The van der Waals surface area contributed by atoms with Crippen molar-refractivity contribution in [3.05, 3.63) is 51.4 Å². The van der Waals surface area contributed by atoms with Gasteiger partial charge in [-0.3, -0.25) is 4.79 Å². The Morgan fingerprint density at radius 1 is 1.29 bits per heavy atom. The van der Waals surface area contributed by atoms with Gasteiger partial charge in [-0.25, -0.2) is 10.6 Å². The lowest BCUT2D eigenvalue weighted by molar-refractivity contribution is -0.110. The Bertz CT molecular complexity index is 818. The van der Waals surface area contributed by atoms with E-state index in [1.165, 1.54) is 12.1 Å². The predicted octanol–water partition coefficient (Wildman–Crippen LogP) is 0.818. The van der Waals surface area contributed by atoms with Crippen LogP contribution in [0.1, 0.15) is 10.4 Å². The molecule has 0 spiro atoms. The molecular weight excluding hydrogens is 359 g/mol. The quantitative estimate of drug-likeness (QED) is 0.492. The minimum atomic E-state index is -1.29. The SMILES string of the molecule is N/C=C1/C(N)=CC(C(=O)Nc2cc(Cl)c(Cl)cc2C(=O)O)=NN1N. The number of hydrogen-bond acceptors (Lipinski definition) is 7. The molecule has 126 valence electrons. The first-order valence-corrected chi connectivity index (χ1v) is 7.06. The van der Waals surface area contributed by atoms with Gasteiger partial charge < -0.3 is 21.9 Å². The van der Waals surface area contributed by atoms with E-state index in [1.54, 1.807) is 0 Å². The number of hydrazine groups is 1. The predicted molar refractivity (Wildman–Crippen MR) is 90.1 cm³/mol. The Kier molecular flexibility index (Phi) is 4.98. The number of rotatable bonds is 3. The van der Waals surface area contributed by atoms with Crippen molar-refractivity contribution in [3.8, 4) is 0 Å². The van der Waals surface area contributed by atoms with Gasteiger partial charge >= 0.3 is 5.97 Å². The number of nitrogens with two attached hydrogens (primary N) is 3. The Morgan fingerprint density at radius 2 is 1.92 bits per heavy atom. The summed E-state index contributed by atoms with van der Waals surface area (Å²) in [4.78, 5) is 23.5. The molecule has 0 radical (unpaired) electrons. The molecule has 0 atom stereocenters. The van der Waals surface area contributed by atoms with Crippen molar-refractivity contribution in [1.82, 2.24) is 5.12 Å². The first-order chi connectivity index (χ1) is 11.2. The van der Waals surface area contributed by atoms with Crippen LogP contribution in [0.4, 0.5) is 5.69 Å². The first kappa shape index (κ1) is 17.6. The second-order valence-electron chi connectivity index (χ2n) is 4.55. The van der Waals surface area contributed by atoms with Gasteiger partial charge in [-0.05, 0) is 18.2 Å². The summed E-state index contributed by atoms with van der Waals surface area (Å²) in [6.07, 6.45) is 2.38. The minimum Gasteiger partial charge on any atom is -0.478 e. The van der Waals surface area contributed by atoms with Crippen LogP contribution in [-0.2, 0) is 4.79 Å². The number of carboxylic acid groups (broad SMARTS) is 1. The van der Waals surface area contributed by atoms with E-state index >= 15 is 0 Å². The van der Waals surface area contributed by atoms with Crippen LogP contribution in [0, 0.1) is 0 Å². The number of nitrogens with one attached hydrogen (secondary N) is 1.